The van der Waals surface area contributed by atoms with E-state index >= 15 is 0 Å². The van der Waals surface area contributed by atoms with Crippen LogP contribution in [0.3, 0.4) is 0 Å². The van der Waals surface area contributed by atoms with Gasteiger partial charge in [0.05, 0.1) is 11.6 Å². The summed E-state index contributed by atoms with van der Waals surface area (Å²) in [6, 6.07) is 8.92. The molecule has 0 saturated heterocycles. The molecule has 44 valence electrons. The van der Waals surface area contributed by atoms with E-state index < -0.39 is 0 Å². The van der Waals surface area contributed by atoms with Gasteiger partial charge in [-0.2, -0.15) is 10.2 Å². The normalized spacial score (nSPS) is 7.50. The van der Waals surface area contributed by atoms with Crippen LogP contribution in [0.5, 0.6) is 0 Å². The Kier molecular flexibility index (Phi) is 4.67. The second-order valence-corrected chi connectivity index (χ2v) is 2.11. The third kappa shape index (κ3) is 2.68. The zero-order valence-electron chi connectivity index (χ0n) is 5.66. The Morgan fingerprint density at radius 3 is 2.10 bits per heavy atom. The second kappa shape index (κ2) is 4.70. The maximum Gasteiger partial charge on any atom is 1.00 e. The number of nitrogens with zero attached hydrogens (tertiary/aromatic N) is 1. The maximum atomic E-state index is 8.34. The van der Waals surface area contributed by atoms with E-state index in [1.54, 1.807) is 24.3 Å². The molecule has 0 atom stereocenters. The third-order valence-corrected chi connectivity index (χ3v) is 1.26. The fourth-order valence-corrected chi connectivity index (χ4v) is 0.666. The van der Waals surface area contributed by atoms with Crippen molar-refractivity contribution in [3.05, 3.63) is 29.8 Å². The van der Waals surface area contributed by atoms with Crippen molar-refractivity contribution in [2.24, 2.45) is 0 Å². The van der Waals surface area contributed by atoms with Crippen molar-refractivity contribution in [3.63, 3.8) is 0 Å². The first-order valence-electron chi connectivity index (χ1n) is 2.50. The van der Waals surface area contributed by atoms with Crippen molar-refractivity contribution >= 4 is 12.6 Å². The molecule has 3 heteroatoms. The van der Waals surface area contributed by atoms with Crippen LogP contribution in [0.2, 0.25) is 0 Å². The minimum Gasteiger partial charge on any atom is -0.780 e. The van der Waals surface area contributed by atoms with E-state index in [1.807, 2.05) is 6.07 Å². The minimum atomic E-state index is 0. The molecular weight excluding hydrogens is 153 g/mol. The largest absolute Gasteiger partial charge is 1.00 e. The molecule has 1 nitrogen and oxygen atoms in total. The summed E-state index contributed by atoms with van der Waals surface area (Å²) >= 11 is 4.81. The van der Waals surface area contributed by atoms with E-state index in [9.17, 15) is 0 Å². The van der Waals surface area contributed by atoms with E-state index in [0.717, 1.165) is 4.90 Å². The smallest absolute Gasteiger partial charge is 0.780 e. The molecule has 0 N–H and O–H groups in total. The van der Waals surface area contributed by atoms with E-state index in [-0.39, 0.29) is 29.6 Å². The zero-order valence-corrected chi connectivity index (χ0v) is 8.48. The van der Waals surface area contributed by atoms with Gasteiger partial charge >= 0.3 is 29.6 Å². The standard InChI is InChI=1S/C7H5NS.Na/c8-5-6-1-3-7(9)4-2-6;/h1-4,9H;/q;+1/p-1. The topological polar surface area (TPSA) is 23.8 Å². The molecule has 0 saturated carbocycles. The molecular formula is C7H4NNaS. The molecule has 0 spiro atoms. The van der Waals surface area contributed by atoms with Crippen LogP contribution in [0.4, 0.5) is 0 Å². The van der Waals surface area contributed by atoms with Crippen LogP contribution < -0.4 is 29.6 Å². The van der Waals surface area contributed by atoms with Crippen LogP contribution in [0, 0.1) is 11.3 Å². The molecule has 0 aromatic heterocycles. The predicted octanol–water partition coefficient (Wildman–Crippen LogP) is -1.53. The Balaban J connectivity index is 0.000000810. The van der Waals surface area contributed by atoms with Gasteiger partial charge in [-0.25, -0.2) is 0 Å². The first kappa shape index (κ1) is 9.93. The summed E-state index contributed by atoms with van der Waals surface area (Å²) in [5.74, 6) is 0. The summed E-state index contributed by atoms with van der Waals surface area (Å²) in [4.78, 5) is 0.772. The van der Waals surface area contributed by atoms with Gasteiger partial charge in [0.2, 0.25) is 0 Å². The van der Waals surface area contributed by atoms with Gasteiger partial charge in [0.15, 0.2) is 0 Å². The van der Waals surface area contributed by atoms with Crippen molar-refractivity contribution in [1.82, 2.24) is 0 Å². The number of rotatable bonds is 0. The van der Waals surface area contributed by atoms with Gasteiger partial charge in [-0.05, 0) is 12.1 Å². The van der Waals surface area contributed by atoms with Crippen molar-refractivity contribution < 1.29 is 29.6 Å². The summed E-state index contributed by atoms with van der Waals surface area (Å²) in [5, 5.41) is 8.34. The number of benzene rings is 1. The van der Waals surface area contributed by atoms with E-state index in [4.69, 9.17) is 17.9 Å². The van der Waals surface area contributed by atoms with Gasteiger partial charge in [0.25, 0.3) is 0 Å². The fraction of sp³-hybridized carbons (Fsp3) is 0. The summed E-state index contributed by atoms with van der Waals surface area (Å²) < 4.78 is 0. The first-order chi connectivity index (χ1) is 4.33. The Bertz CT molecular complexity index is 237. The van der Waals surface area contributed by atoms with Crippen LogP contribution in [0.15, 0.2) is 29.2 Å². The predicted molar refractivity (Wildman–Crippen MR) is 36.8 cm³/mol. The molecule has 0 aliphatic rings. The van der Waals surface area contributed by atoms with Crippen molar-refractivity contribution in [1.29, 1.82) is 5.26 Å². The van der Waals surface area contributed by atoms with Crippen LogP contribution in [0.1, 0.15) is 5.56 Å². The van der Waals surface area contributed by atoms with Gasteiger partial charge in [-0.15, -0.1) is 0 Å². The molecule has 0 aliphatic carbocycles. The van der Waals surface area contributed by atoms with Crippen LogP contribution in [-0.4, -0.2) is 0 Å². The monoisotopic (exact) mass is 157 g/mol. The summed E-state index contributed by atoms with van der Waals surface area (Å²) in [5.41, 5.74) is 0.656. The average Bonchev–Trinajstić information content (AvgIpc) is 1.90. The van der Waals surface area contributed by atoms with Crippen LogP contribution >= 0.6 is 0 Å². The van der Waals surface area contributed by atoms with Crippen LogP contribution in [0.25, 0.3) is 0 Å². The molecule has 0 aliphatic heterocycles. The van der Waals surface area contributed by atoms with E-state index in [2.05, 4.69) is 0 Å². The van der Waals surface area contributed by atoms with Crippen molar-refractivity contribution in [2.75, 3.05) is 0 Å². The number of hydrogen-bond donors (Lipinski definition) is 0. The van der Waals surface area contributed by atoms with Gasteiger partial charge < -0.3 is 12.6 Å². The first-order valence-corrected chi connectivity index (χ1v) is 2.91. The molecule has 0 unspecified atom stereocenters. The molecule has 1 aromatic carbocycles. The van der Waals surface area contributed by atoms with E-state index in [1.165, 1.54) is 0 Å². The Labute approximate surface area is 87.8 Å². The summed E-state index contributed by atoms with van der Waals surface area (Å²) in [7, 11) is 0. The zero-order chi connectivity index (χ0) is 6.69. The summed E-state index contributed by atoms with van der Waals surface area (Å²) in [6.45, 7) is 0. The van der Waals surface area contributed by atoms with Crippen LogP contribution in [-0.2, 0) is 12.6 Å². The molecule has 0 radical (unpaired) electrons. The second-order valence-electron chi connectivity index (χ2n) is 1.64. The third-order valence-electron chi connectivity index (χ3n) is 0.983. The number of hydrogen-bond acceptors (Lipinski definition) is 2. The molecule has 0 fully saturated rings. The quantitative estimate of drug-likeness (QED) is 0.337. The van der Waals surface area contributed by atoms with Gasteiger partial charge in [-0.1, -0.05) is 12.1 Å². The molecule has 0 bridgehead atoms. The van der Waals surface area contributed by atoms with Gasteiger partial charge in [0, 0.05) is 0 Å². The van der Waals surface area contributed by atoms with Crippen molar-refractivity contribution in [2.45, 2.75) is 4.90 Å². The maximum absolute atomic E-state index is 8.34. The minimum absolute atomic E-state index is 0. The molecule has 1 aromatic rings. The molecule has 1 rings (SSSR count). The van der Waals surface area contributed by atoms with Crippen molar-refractivity contribution in [3.8, 4) is 6.07 Å². The Hall–Kier alpha value is -0.0700. The van der Waals surface area contributed by atoms with Gasteiger partial charge in [0.1, 0.15) is 0 Å². The summed E-state index contributed by atoms with van der Waals surface area (Å²) in [6.07, 6.45) is 0. The average molecular weight is 157 g/mol. The van der Waals surface area contributed by atoms with Gasteiger partial charge in [-0.3, -0.25) is 0 Å². The number of nitriles is 1. The SMILES string of the molecule is N#Cc1ccc([S-])cc1.[Na+]. The fourth-order valence-electron chi connectivity index (χ4n) is 0.529. The molecule has 0 heterocycles. The molecule has 10 heavy (non-hydrogen) atoms. The molecule has 0 amide bonds. The van der Waals surface area contributed by atoms with E-state index in [0.29, 0.717) is 5.56 Å². The Morgan fingerprint density at radius 2 is 1.70 bits per heavy atom. The Morgan fingerprint density at radius 1 is 1.20 bits per heavy atom.